The molecule has 7 aliphatic rings. The van der Waals surface area contributed by atoms with Crippen molar-refractivity contribution in [3.63, 3.8) is 0 Å². The highest BCUT2D eigenvalue weighted by Gasteiger charge is 2.66. The number of imide groups is 1. The number of carbonyl (C=O) groups is 9. The molecule has 0 radical (unpaired) electrons. The summed E-state index contributed by atoms with van der Waals surface area (Å²) in [6.45, 7) is 18.7. The Morgan fingerprint density at radius 2 is 1.23 bits per heavy atom. The number of aromatic nitrogens is 7. The highest BCUT2D eigenvalue weighted by molar-refractivity contribution is 7.85. The first-order chi connectivity index (χ1) is 71.6. The maximum atomic E-state index is 14.5. The van der Waals surface area contributed by atoms with Gasteiger partial charge in [0.1, 0.15) is 48.9 Å². The van der Waals surface area contributed by atoms with E-state index in [0.717, 1.165) is 62.6 Å². The summed E-state index contributed by atoms with van der Waals surface area (Å²) in [5, 5.41) is 77.8. The SMILES string of the molecule is COCCOCCOCCOCCOCCOCCOCCOCCOCCOCCOCCOCCn1cc(CC(C(=O)N[C@H](C(=O)N[C@@H](C)C(=O)Nc2ccc(COC(=O)N(CCOC34CC5(C)CC(C)(CC(Cn6cc(-c7ccc(N8CCc9cccc(C(=O)Nc%10nc%11ccccc%11s%10)c9C8)nc7C(=O)O)cn6)(C5)C3)C4)CCS(=O)(=O)O)c(CC[C@@H]3O[C@H](C(=O)O)[C@@H](O)[C@H](O)[C@H]3O)c2)C(C)C)N2C(=O)C=CC2=O)nn1. The van der Waals surface area contributed by atoms with Crippen molar-refractivity contribution in [2.24, 2.45) is 22.2 Å². The van der Waals surface area contributed by atoms with E-state index in [4.69, 9.17) is 81.1 Å². The number of rotatable bonds is 66. The van der Waals surface area contributed by atoms with E-state index >= 15 is 0 Å². The molecule has 4 bridgehead atoms. The molecule has 46 nitrogen and oxygen atoms in total. The Bertz CT molecular complexity index is 5720. The highest BCUT2D eigenvalue weighted by Crippen LogP contribution is 2.72. The van der Waals surface area contributed by atoms with Gasteiger partial charge in [-0.25, -0.2) is 29.0 Å². The predicted octanol–water partition coefficient (Wildman–Crippen LogP) is 5.14. The molecule has 3 unspecified atom stereocenters. The van der Waals surface area contributed by atoms with Gasteiger partial charge in [0.05, 0.1) is 205 Å². The summed E-state index contributed by atoms with van der Waals surface area (Å²) in [6, 6.07) is 16.9. The first kappa shape index (κ1) is 115. The number of amides is 7. The molecule has 149 heavy (non-hydrogen) atoms. The van der Waals surface area contributed by atoms with Gasteiger partial charge in [0.2, 0.25) is 17.7 Å². The topological polar surface area (TPSA) is 580 Å². The molecule has 48 heteroatoms. The van der Waals surface area contributed by atoms with Crippen LogP contribution in [0.3, 0.4) is 0 Å². The Morgan fingerprint density at radius 1 is 0.624 bits per heavy atom. The Kier molecular flexibility index (Phi) is 42.8. The van der Waals surface area contributed by atoms with Crippen LogP contribution in [-0.2, 0) is 155 Å². The molecule has 14 rings (SSSR count). The van der Waals surface area contributed by atoms with Crippen LogP contribution in [0.25, 0.3) is 21.3 Å². The number of carboxylic acid groups (broad SMARTS) is 2. The summed E-state index contributed by atoms with van der Waals surface area (Å²) < 4.78 is 123. The molecule has 7 amide bonds. The van der Waals surface area contributed by atoms with Crippen molar-refractivity contribution in [1.82, 2.24) is 55.2 Å². The molecule has 4 saturated carbocycles. The number of hydrogen-bond acceptors (Lipinski definition) is 36. The molecule has 7 aromatic rings. The molecular weight excluding hydrogens is 1990 g/mol. The maximum absolute atomic E-state index is 14.5. The number of benzene rings is 3. The van der Waals surface area contributed by atoms with E-state index in [2.05, 4.69) is 50.4 Å². The minimum absolute atomic E-state index is 0.0969. The minimum atomic E-state index is -4.67. The van der Waals surface area contributed by atoms with Crippen molar-refractivity contribution in [2.75, 3.05) is 207 Å². The number of anilines is 3. The molecule has 1 saturated heterocycles. The number of carbonyl (C=O) groups excluding carboxylic acids is 7. The Balaban J connectivity index is 0.555. The van der Waals surface area contributed by atoms with Crippen LogP contribution in [0.1, 0.15) is 128 Å². The summed E-state index contributed by atoms with van der Waals surface area (Å²) in [7, 11) is -3.05. The minimum Gasteiger partial charge on any atom is -0.479 e. The van der Waals surface area contributed by atoms with Crippen LogP contribution in [0.4, 0.5) is 21.4 Å². The highest BCUT2D eigenvalue weighted by atomic mass is 32.2. The molecule has 5 fully saturated rings. The lowest BCUT2D eigenvalue weighted by Gasteiger charge is -2.69. The van der Waals surface area contributed by atoms with Gasteiger partial charge in [-0.05, 0) is 152 Å². The number of hydrogen-bond donors (Lipinski definition) is 10. The number of nitrogens with zero attached hydrogens (tertiary/aromatic N) is 10. The fraction of sp³-hybridized carbons (Fsp3) is 0.604. The molecule has 0 spiro atoms. The van der Waals surface area contributed by atoms with Crippen molar-refractivity contribution in [3.8, 4) is 11.1 Å². The van der Waals surface area contributed by atoms with Crippen molar-refractivity contribution < 1.29 is 153 Å². The van der Waals surface area contributed by atoms with E-state index in [1.807, 2.05) is 52.2 Å². The average molecular weight is 2120 g/mol. The average Bonchev–Trinajstić information content (AvgIpc) is 1.01. The third-order valence-corrected chi connectivity index (χ3v) is 28.4. The largest absolute Gasteiger partial charge is 0.479 e. The summed E-state index contributed by atoms with van der Waals surface area (Å²) in [5.74, 6) is -8.40. The first-order valence-electron chi connectivity index (χ1n) is 50.1. The van der Waals surface area contributed by atoms with Crippen LogP contribution in [0.15, 0.2) is 104 Å². The molecule has 3 aliphatic heterocycles. The van der Waals surface area contributed by atoms with Gasteiger partial charge in [0.25, 0.3) is 27.8 Å². The zero-order valence-corrected chi connectivity index (χ0v) is 86.4. The van der Waals surface area contributed by atoms with E-state index < -0.39 is 137 Å². The number of fused-ring (bicyclic) bond motifs is 2. The van der Waals surface area contributed by atoms with Gasteiger partial charge >= 0.3 is 18.0 Å². The van der Waals surface area contributed by atoms with Gasteiger partial charge in [-0.15, -0.1) is 5.10 Å². The number of pyridine rings is 1. The number of ether oxygens (including phenoxy) is 15. The van der Waals surface area contributed by atoms with Gasteiger partial charge in [-0.2, -0.15) is 13.5 Å². The van der Waals surface area contributed by atoms with E-state index in [1.54, 1.807) is 45.4 Å². The third-order valence-electron chi connectivity index (χ3n) is 26.7. The number of para-hydroxylation sites is 1. The maximum Gasteiger partial charge on any atom is 0.410 e. The first-order valence-corrected chi connectivity index (χ1v) is 52.6. The normalized spacial score (nSPS) is 21.5. The zero-order chi connectivity index (χ0) is 106. The Hall–Kier alpha value is -10.9. The lowest BCUT2D eigenvalue weighted by molar-refractivity contribution is -0.248. The monoisotopic (exact) mass is 2120 g/mol. The van der Waals surface area contributed by atoms with Crippen LogP contribution in [0.2, 0.25) is 0 Å². The number of methoxy groups -OCH3 is 1. The fourth-order valence-electron chi connectivity index (χ4n) is 20.8. The van der Waals surface area contributed by atoms with Gasteiger partial charge in [-0.1, -0.05) is 74.6 Å². The molecule has 4 aliphatic carbocycles. The third kappa shape index (κ3) is 33.5. The Morgan fingerprint density at radius 3 is 1.81 bits per heavy atom. The second-order valence-electron chi connectivity index (χ2n) is 39.1. The van der Waals surface area contributed by atoms with Crippen LogP contribution in [0, 0.1) is 22.2 Å². The number of aliphatic hydroxyl groups excluding tert-OH is 3. The van der Waals surface area contributed by atoms with Gasteiger partial charge in [0.15, 0.2) is 16.9 Å². The number of aryl methyl sites for hydroxylation is 1. The van der Waals surface area contributed by atoms with Crippen LogP contribution in [-0.4, -0.2) is 382 Å². The summed E-state index contributed by atoms with van der Waals surface area (Å²) >= 11 is 1.38. The smallest absolute Gasteiger partial charge is 0.410 e. The van der Waals surface area contributed by atoms with Gasteiger partial charge in [0, 0.05) is 93.2 Å². The predicted molar refractivity (Wildman–Crippen MR) is 536 cm³/mol. The molecule has 10 N–H and O–H groups in total. The lowest BCUT2D eigenvalue weighted by Crippen LogP contribution is -2.64. The van der Waals surface area contributed by atoms with Gasteiger partial charge < -0.3 is 122 Å². The summed E-state index contributed by atoms with van der Waals surface area (Å²) in [5.41, 5.74) is 3.14. The number of aliphatic carboxylic acids is 1. The zero-order valence-electron chi connectivity index (χ0n) is 84.8. The summed E-state index contributed by atoms with van der Waals surface area (Å²) in [4.78, 5) is 136. The van der Waals surface area contributed by atoms with Crippen LogP contribution >= 0.6 is 11.3 Å². The fourth-order valence-corrected chi connectivity index (χ4v) is 22.2. The van der Waals surface area contributed by atoms with Crippen LogP contribution < -0.4 is 26.2 Å². The van der Waals surface area contributed by atoms with Crippen molar-refractivity contribution >= 4 is 102 Å². The molecular formula is C101H138N14O32S2. The quantitative estimate of drug-likeness (QED) is 0.0134. The van der Waals surface area contributed by atoms with E-state index in [1.165, 1.54) is 47.3 Å². The number of nitrogens with one attached hydrogen (secondary N) is 4. The number of aliphatic hydroxyl groups is 3. The molecule has 4 aromatic heterocycles. The molecule has 7 heterocycles. The van der Waals surface area contributed by atoms with Crippen molar-refractivity contribution in [2.45, 2.75) is 179 Å². The Labute approximate surface area is 867 Å². The number of thiazole rings is 1. The molecule has 816 valence electrons. The molecule has 10 atom stereocenters. The molecule has 3 aromatic carbocycles. The lowest BCUT2D eigenvalue weighted by atomic mass is 9.39. The van der Waals surface area contributed by atoms with Crippen molar-refractivity contribution in [1.29, 1.82) is 0 Å². The second kappa shape index (κ2) is 55.4. The number of aromatic carboxylic acids is 1. The van der Waals surface area contributed by atoms with Crippen LogP contribution in [0.5, 0.6) is 0 Å². The number of carboxylic acids is 2. The van der Waals surface area contributed by atoms with E-state index in [0.29, 0.717) is 211 Å². The van der Waals surface area contributed by atoms with Crippen molar-refractivity contribution in [3.05, 3.63) is 143 Å². The summed E-state index contributed by atoms with van der Waals surface area (Å²) in [6.07, 6.45) is 1.25. The van der Waals surface area contributed by atoms with E-state index in [-0.39, 0.29) is 104 Å². The van der Waals surface area contributed by atoms with Gasteiger partial charge in [-0.3, -0.25) is 48.2 Å². The standard InChI is InChI=1S/C101H138N14O32S2/c1-66(2)84(107-92(123)78(115-82(116)20-21-83(115)117)53-73-56-113(110-109-73)25-27-134-31-32-136-35-36-138-39-40-140-43-44-142-47-48-144-50-49-143-46-45-141-42-41-139-38-37-137-34-33-135-30-29-133-6)93(124)103-67(3)90(121)104-72-16-14-70(69(52-72)15-18-79-86(118)87(119)88(120)89(147-79)95(127)128)58-145-97(129)111(26-51-149(130,131)132)24-28-146-101-62-98(4)59-99(5,63-101)61-100(60-98,64-101)65-114-55-71(54-102-114)74-17-19-81(106-85(74)94(125)126)112-23-22-68-10-9-11-75(76(68)57-112)91(122)108-96-105-77-12-7-8-13-80(77)148-96/h7-14,16-17,19-21,52,54-56,66-67,78-79,84,86-89,118-120H,15,18,22-51,53,57-65H2,1-6H3,(H,103,124)(H,104,121)(H,107,123)(H,125,126)(H,127,128)(H,105,108,122)(H,130,131,132)/t67-,78?,79-,84-,86-,87+,88-,89-,98?,99?,100?,101?/m0/s1. The second-order valence-corrected chi connectivity index (χ2v) is 41.7. The van der Waals surface area contributed by atoms with E-state index in [9.17, 15) is 81.7 Å².